The fourth-order valence-electron chi connectivity index (χ4n) is 2.79. The van der Waals surface area contributed by atoms with Gasteiger partial charge in [0.25, 0.3) is 0 Å². The van der Waals surface area contributed by atoms with E-state index in [9.17, 15) is 0 Å². The molecule has 0 radical (unpaired) electrons. The first-order valence-corrected chi connectivity index (χ1v) is 9.44. The van der Waals surface area contributed by atoms with E-state index in [1.807, 2.05) is 13.0 Å². The molecule has 1 fully saturated rings. The number of hydrogen-bond donors (Lipinski definition) is 2. The summed E-state index contributed by atoms with van der Waals surface area (Å²) < 4.78 is 11.4. The summed E-state index contributed by atoms with van der Waals surface area (Å²) in [7, 11) is 0. The zero-order valence-corrected chi connectivity index (χ0v) is 19.1. The second-order valence-electron chi connectivity index (χ2n) is 7.01. The van der Waals surface area contributed by atoms with Crippen LogP contribution in [0.3, 0.4) is 0 Å². The molecule has 26 heavy (non-hydrogen) atoms. The van der Waals surface area contributed by atoms with Crippen molar-refractivity contribution in [1.29, 1.82) is 0 Å². The molecule has 6 nitrogen and oxygen atoms in total. The number of nitrogens with zero attached hydrogens (tertiary/aromatic N) is 2. The van der Waals surface area contributed by atoms with Crippen molar-refractivity contribution >= 4 is 29.9 Å². The lowest BCUT2D eigenvalue weighted by atomic mass is 10.1. The molecule has 2 rings (SSSR count). The van der Waals surface area contributed by atoms with E-state index < -0.39 is 0 Å². The summed E-state index contributed by atoms with van der Waals surface area (Å²) in [6.45, 7) is 15.5. The van der Waals surface area contributed by atoms with Crippen LogP contribution in [0.2, 0.25) is 0 Å². The topological polar surface area (TPSA) is 62.0 Å². The molecular weight excluding hydrogens is 443 g/mol. The predicted molar refractivity (Wildman–Crippen MR) is 117 cm³/mol. The zero-order valence-electron chi connectivity index (χ0n) is 16.7. The van der Waals surface area contributed by atoms with Crippen molar-refractivity contribution in [3.8, 4) is 0 Å². The standard InChI is InChI=1S/C19H34N4O2.HI/c1-6-20-19(22-16(5)14(2)3)21-13-17(18-8-7-15(4)25-18)23-9-11-24-12-10-23;/h7-8,14,16-17H,6,9-13H2,1-5H3,(H2,20,21,22);1H. The van der Waals surface area contributed by atoms with E-state index in [0.717, 1.165) is 50.3 Å². The number of hydrogen-bond acceptors (Lipinski definition) is 4. The summed E-state index contributed by atoms with van der Waals surface area (Å²) in [5.74, 6) is 3.34. The summed E-state index contributed by atoms with van der Waals surface area (Å²) >= 11 is 0. The molecule has 1 aliphatic rings. The van der Waals surface area contributed by atoms with Crippen molar-refractivity contribution in [3.63, 3.8) is 0 Å². The van der Waals surface area contributed by atoms with Gasteiger partial charge in [0.1, 0.15) is 11.5 Å². The fraction of sp³-hybridized carbons (Fsp3) is 0.737. The molecule has 0 aliphatic carbocycles. The zero-order chi connectivity index (χ0) is 18.2. The van der Waals surface area contributed by atoms with Crippen LogP contribution in [0.4, 0.5) is 0 Å². The Morgan fingerprint density at radius 2 is 1.92 bits per heavy atom. The quantitative estimate of drug-likeness (QED) is 0.358. The van der Waals surface area contributed by atoms with Crippen molar-refractivity contribution in [2.24, 2.45) is 10.9 Å². The van der Waals surface area contributed by atoms with Gasteiger partial charge in [0.05, 0.1) is 25.8 Å². The van der Waals surface area contributed by atoms with Crippen LogP contribution in [-0.4, -0.2) is 56.3 Å². The number of ether oxygens (including phenoxy) is 1. The molecule has 0 bridgehead atoms. The lowest BCUT2D eigenvalue weighted by Crippen LogP contribution is -2.45. The number of nitrogens with one attached hydrogen (secondary N) is 2. The van der Waals surface area contributed by atoms with Gasteiger partial charge in [0.15, 0.2) is 5.96 Å². The molecule has 2 heterocycles. The molecule has 150 valence electrons. The smallest absolute Gasteiger partial charge is 0.191 e. The van der Waals surface area contributed by atoms with Gasteiger partial charge < -0.3 is 19.8 Å². The first kappa shape index (κ1) is 23.2. The van der Waals surface area contributed by atoms with Gasteiger partial charge in [-0.15, -0.1) is 24.0 Å². The van der Waals surface area contributed by atoms with Gasteiger partial charge in [-0.05, 0) is 38.8 Å². The minimum Gasteiger partial charge on any atom is -0.465 e. The van der Waals surface area contributed by atoms with Gasteiger partial charge >= 0.3 is 0 Å². The number of morpholine rings is 1. The Morgan fingerprint density at radius 3 is 2.46 bits per heavy atom. The molecule has 0 amide bonds. The maximum Gasteiger partial charge on any atom is 0.191 e. The summed E-state index contributed by atoms with van der Waals surface area (Å²) in [5.41, 5.74) is 0. The Hall–Kier alpha value is -0.800. The van der Waals surface area contributed by atoms with Gasteiger partial charge in [0.2, 0.25) is 0 Å². The van der Waals surface area contributed by atoms with E-state index in [1.165, 1.54) is 0 Å². The van der Waals surface area contributed by atoms with Crippen molar-refractivity contribution in [3.05, 3.63) is 23.7 Å². The van der Waals surface area contributed by atoms with Crippen LogP contribution in [0.5, 0.6) is 0 Å². The van der Waals surface area contributed by atoms with Crippen LogP contribution < -0.4 is 10.6 Å². The Balaban J connectivity index is 0.00000338. The molecule has 7 heteroatoms. The lowest BCUT2D eigenvalue weighted by molar-refractivity contribution is 0.0135. The van der Waals surface area contributed by atoms with Gasteiger partial charge in [-0.25, -0.2) is 0 Å². The third kappa shape index (κ3) is 7.08. The third-order valence-electron chi connectivity index (χ3n) is 4.71. The molecule has 0 saturated carbocycles. The highest BCUT2D eigenvalue weighted by atomic mass is 127. The normalized spacial score (nSPS) is 18.3. The highest BCUT2D eigenvalue weighted by molar-refractivity contribution is 14.0. The number of aryl methyl sites for hydroxylation is 1. The maximum absolute atomic E-state index is 5.92. The van der Waals surface area contributed by atoms with Crippen molar-refractivity contribution in [2.45, 2.75) is 46.7 Å². The number of rotatable bonds is 7. The van der Waals surface area contributed by atoms with E-state index in [2.05, 4.69) is 49.3 Å². The Morgan fingerprint density at radius 1 is 1.23 bits per heavy atom. The first-order valence-electron chi connectivity index (χ1n) is 9.44. The van der Waals surface area contributed by atoms with Crippen molar-refractivity contribution in [2.75, 3.05) is 39.4 Å². The van der Waals surface area contributed by atoms with E-state index >= 15 is 0 Å². The molecule has 1 saturated heterocycles. The molecule has 2 atom stereocenters. The average Bonchev–Trinajstić information content (AvgIpc) is 3.02. The summed E-state index contributed by atoms with van der Waals surface area (Å²) in [4.78, 5) is 7.25. The molecular formula is C19H35IN4O2. The van der Waals surface area contributed by atoms with E-state index in [1.54, 1.807) is 0 Å². The number of halogens is 1. The molecule has 0 spiro atoms. The first-order chi connectivity index (χ1) is 12.0. The number of furan rings is 1. The largest absolute Gasteiger partial charge is 0.465 e. The highest BCUT2D eigenvalue weighted by Gasteiger charge is 2.25. The number of aliphatic imine (C=N–C) groups is 1. The van der Waals surface area contributed by atoms with Crippen LogP contribution in [0.1, 0.15) is 45.3 Å². The van der Waals surface area contributed by atoms with E-state index in [-0.39, 0.29) is 30.0 Å². The Kier molecular flexibility index (Phi) is 10.6. The third-order valence-corrected chi connectivity index (χ3v) is 4.71. The van der Waals surface area contributed by atoms with Gasteiger partial charge in [0, 0.05) is 25.7 Å². The second kappa shape index (κ2) is 11.8. The molecule has 2 unspecified atom stereocenters. The SMILES string of the molecule is CCNC(=NCC(c1ccc(C)o1)N1CCOCC1)NC(C)C(C)C.I. The van der Waals surface area contributed by atoms with E-state index in [4.69, 9.17) is 14.1 Å². The predicted octanol–water partition coefficient (Wildman–Crippen LogP) is 3.18. The van der Waals surface area contributed by atoms with Crippen molar-refractivity contribution < 1.29 is 9.15 Å². The van der Waals surface area contributed by atoms with E-state index in [0.29, 0.717) is 18.5 Å². The summed E-state index contributed by atoms with van der Waals surface area (Å²) in [5, 5.41) is 6.85. The van der Waals surface area contributed by atoms with Crippen LogP contribution >= 0.6 is 24.0 Å². The molecule has 1 aromatic rings. The minimum atomic E-state index is 0. The Labute approximate surface area is 175 Å². The molecule has 0 aromatic carbocycles. The van der Waals surface area contributed by atoms with Crippen LogP contribution in [-0.2, 0) is 4.74 Å². The monoisotopic (exact) mass is 478 g/mol. The fourth-order valence-corrected chi connectivity index (χ4v) is 2.79. The average molecular weight is 478 g/mol. The second-order valence-corrected chi connectivity index (χ2v) is 7.01. The lowest BCUT2D eigenvalue weighted by Gasteiger charge is -2.32. The maximum atomic E-state index is 5.92. The molecule has 1 aliphatic heterocycles. The van der Waals surface area contributed by atoms with Crippen molar-refractivity contribution in [1.82, 2.24) is 15.5 Å². The van der Waals surface area contributed by atoms with Gasteiger partial charge in [-0.3, -0.25) is 9.89 Å². The Bertz CT molecular complexity index is 541. The summed E-state index contributed by atoms with van der Waals surface area (Å²) in [6.07, 6.45) is 0. The van der Waals surface area contributed by atoms with Crippen LogP contribution in [0, 0.1) is 12.8 Å². The van der Waals surface area contributed by atoms with Gasteiger partial charge in [-0.2, -0.15) is 0 Å². The summed E-state index contributed by atoms with van der Waals surface area (Å²) in [6, 6.07) is 4.60. The molecule has 1 aromatic heterocycles. The van der Waals surface area contributed by atoms with Gasteiger partial charge in [-0.1, -0.05) is 13.8 Å². The number of guanidine groups is 1. The molecule has 2 N–H and O–H groups in total. The highest BCUT2D eigenvalue weighted by Crippen LogP contribution is 2.24. The minimum absolute atomic E-state index is 0. The van der Waals surface area contributed by atoms with Crippen LogP contribution in [0.15, 0.2) is 21.5 Å². The van der Waals surface area contributed by atoms with Crippen LogP contribution in [0.25, 0.3) is 0 Å².